The molecule has 170 valence electrons. The third-order valence-electron chi connectivity index (χ3n) is 6.82. The number of hydrogen-bond donors (Lipinski definition) is 0. The van der Waals surface area contributed by atoms with Gasteiger partial charge in [-0.2, -0.15) is 0 Å². The first kappa shape index (κ1) is 20.9. The maximum atomic E-state index is 2.36. The first-order valence-electron chi connectivity index (χ1n) is 12.2. The van der Waals surface area contributed by atoms with Gasteiger partial charge in [-0.1, -0.05) is 78.9 Å². The number of para-hydroxylation sites is 2. The van der Waals surface area contributed by atoms with Gasteiger partial charge < -0.3 is 4.90 Å². The average molecular weight is 478 g/mol. The smallest absolute Gasteiger partial charge is 0.0462 e. The SMILES string of the molecule is c1ccc(N(c2ccccc2)c2ccc(-c3ccc4cc5sc6ccccc6c5cc4c3)cc2)cc1. The molecule has 0 aliphatic rings. The summed E-state index contributed by atoms with van der Waals surface area (Å²) >= 11 is 1.87. The summed E-state index contributed by atoms with van der Waals surface area (Å²) in [5, 5.41) is 5.25. The van der Waals surface area contributed by atoms with E-state index in [0.717, 1.165) is 17.1 Å². The second kappa shape index (κ2) is 8.67. The molecular formula is C34H23NS. The Labute approximate surface area is 214 Å². The van der Waals surface area contributed by atoms with E-state index in [9.17, 15) is 0 Å². The molecule has 1 aromatic heterocycles. The highest BCUT2D eigenvalue weighted by Gasteiger charge is 2.12. The van der Waals surface area contributed by atoms with Crippen molar-refractivity contribution in [2.24, 2.45) is 0 Å². The summed E-state index contributed by atoms with van der Waals surface area (Å²) in [5.74, 6) is 0. The molecule has 1 nitrogen and oxygen atoms in total. The normalized spacial score (nSPS) is 11.3. The lowest BCUT2D eigenvalue weighted by Crippen LogP contribution is -2.09. The van der Waals surface area contributed by atoms with E-state index in [1.807, 2.05) is 11.3 Å². The van der Waals surface area contributed by atoms with Crippen molar-refractivity contribution in [3.8, 4) is 11.1 Å². The Balaban J connectivity index is 1.29. The molecule has 2 heteroatoms. The molecule has 0 radical (unpaired) electrons. The van der Waals surface area contributed by atoms with Gasteiger partial charge in [0, 0.05) is 37.2 Å². The Morgan fingerprint density at radius 3 is 1.72 bits per heavy atom. The summed E-state index contributed by atoms with van der Waals surface area (Å²) in [6.07, 6.45) is 0. The lowest BCUT2D eigenvalue weighted by molar-refractivity contribution is 1.28. The zero-order chi connectivity index (χ0) is 23.9. The largest absolute Gasteiger partial charge is 0.311 e. The van der Waals surface area contributed by atoms with E-state index < -0.39 is 0 Å². The molecule has 0 amide bonds. The van der Waals surface area contributed by atoms with Gasteiger partial charge in [-0.05, 0) is 82.6 Å². The fourth-order valence-corrected chi connectivity index (χ4v) is 6.19. The Bertz CT molecular complexity index is 1780. The quantitative estimate of drug-likeness (QED) is 0.244. The van der Waals surface area contributed by atoms with E-state index in [0.29, 0.717) is 0 Å². The van der Waals surface area contributed by atoms with Gasteiger partial charge in [0.1, 0.15) is 0 Å². The summed E-state index contributed by atoms with van der Waals surface area (Å²) in [5.41, 5.74) is 5.89. The van der Waals surface area contributed by atoms with Gasteiger partial charge in [-0.3, -0.25) is 0 Å². The first-order chi connectivity index (χ1) is 17.8. The highest BCUT2D eigenvalue weighted by Crippen LogP contribution is 2.38. The standard InChI is InChI=1S/C34H23NS/c1-3-9-28(10-4-1)35(29-11-5-2-6-12-29)30-19-17-24(18-20-30)25-15-16-26-23-34-32(22-27(26)21-25)31-13-7-8-14-33(31)36-34/h1-23H. The van der Waals surface area contributed by atoms with Crippen molar-refractivity contribution < 1.29 is 0 Å². The van der Waals surface area contributed by atoms with Crippen molar-refractivity contribution in [1.29, 1.82) is 0 Å². The fraction of sp³-hybridized carbons (Fsp3) is 0. The zero-order valence-corrected chi connectivity index (χ0v) is 20.5. The molecule has 7 aromatic rings. The molecule has 0 aliphatic carbocycles. The van der Waals surface area contributed by atoms with Crippen molar-refractivity contribution in [3.05, 3.63) is 140 Å². The minimum atomic E-state index is 1.14. The van der Waals surface area contributed by atoms with E-state index in [4.69, 9.17) is 0 Å². The predicted octanol–water partition coefficient (Wildman–Crippen LogP) is 10.3. The summed E-state index contributed by atoms with van der Waals surface area (Å²) in [6, 6.07) is 50.2. The van der Waals surface area contributed by atoms with Crippen LogP contribution in [0, 0.1) is 0 Å². The van der Waals surface area contributed by atoms with Gasteiger partial charge in [-0.25, -0.2) is 0 Å². The molecule has 7 rings (SSSR count). The molecule has 0 fully saturated rings. The molecule has 1 heterocycles. The van der Waals surface area contributed by atoms with Crippen LogP contribution in [0.3, 0.4) is 0 Å². The molecule has 0 bridgehead atoms. The third kappa shape index (κ3) is 3.64. The van der Waals surface area contributed by atoms with Gasteiger partial charge in [-0.15, -0.1) is 11.3 Å². The van der Waals surface area contributed by atoms with Gasteiger partial charge in [0.25, 0.3) is 0 Å². The maximum Gasteiger partial charge on any atom is 0.0462 e. The van der Waals surface area contributed by atoms with Crippen LogP contribution >= 0.6 is 11.3 Å². The molecule has 0 aliphatic heterocycles. The number of nitrogens with zero attached hydrogens (tertiary/aromatic N) is 1. The summed E-state index contributed by atoms with van der Waals surface area (Å²) in [7, 11) is 0. The zero-order valence-electron chi connectivity index (χ0n) is 19.6. The van der Waals surface area contributed by atoms with Crippen LogP contribution in [0.5, 0.6) is 0 Å². The van der Waals surface area contributed by atoms with Gasteiger partial charge in [0.15, 0.2) is 0 Å². The highest BCUT2D eigenvalue weighted by molar-refractivity contribution is 7.25. The third-order valence-corrected chi connectivity index (χ3v) is 7.96. The fourth-order valence-electron chi connectivity index (χ4n) is 5.05. The Morgan fingerprint density at radius 1 is 0.389 bits per heavy atom. The number of thiophene rings is 1. The topological polar surface area (TPSA) is 3.24 Å². The molecule has 0 saturated carbocycles. The van der Waals surface area contributed by atoms with Crippen LogP contribution in [0.15, 0.2) is 140 Å². The second-order valence-corrected chi connectivity index (χ2v) is 10.1. The van der Waals surface area contributed by atoms with Crippen molar-refractivity contribution in [2.45, 2.75) is 0 Å². The van der Waals surface area contributed by atoms with E-state index in [1.54, 1.807) is 0 Å². The number of hydrogen-bond acceptors (Lipinski definition) is 2. The van der Waals surface area contributed by atoms with Crippen LogP contribution in [0.4, 0.5) is 17.1 Å². The number of anilines is 3. The Morgan fingerprint density at radius 2 is 1.00 bits per heavy atom. The maximum absolute atomic E-state index is 2.36. The lowest BCUT2D eigenvalue weighted by atomic mass is 9.99. The van der Waals surface area contributed by atoms with E-state index in [-0.39, 0.29) is 0 Å². The number of benzene rings is 6. The van der Waals surface area contributed by atoms with Crippen LogP contribution in [0.2, 0.25) is 0 Å². The van der Waals surface area contributed by atoms with Gasteiger partial charge in [0.05, 0.1) is 0 Å². The molecule has 0 atom stereocenters. The molecule has 0 unspecified atom stereocenters. The van der Waals surface area contributed by atoms with Crippen LogP contribution in [-0.2, 0) is 0 Å². The molecule has 0 saturated heterocycles. The highest BCUT2D eigenvalue weighted by atomic mass is 32.1. The van der Waals surface area contributed by atoms with Gasteiger partial charge >= 0.3 is 0 Å². The predicted molar refractivity (Wildman–Crippen MR) is 157 cm³/mol. The van der Waals surface area contributed by atoms with Crippen molar-refractivity contribution in [3.63, 3.8) is 0 Å². The van der Waals surface area contributed by atoms with Crippen LogP contribution < -0.4 is 4.90 Å². The van der Waals surface area contributed by atoms with E-state index in [1.165, 1.54) is 42.1 Å². The molecule has 36 heavy (non-hydrogen) atoms. The molecule has 0 spiro atoms. The average Bonchev–Trinajstić information content (AvgIpc) is 3.31. The Hall–Kier alpha value is -4.40. The van der Waals surface area contributed by atoms with E-state index >= 15 is 0 Å². The van der Waals surface area contributed by atoms with Crippen LogP contribution in [0.1, 0.15) is 0 Å². The molecule has 0 N–H and O–H groups in total. The Kier molecular flexibility index (Phi) is 5.04. The second-order valence-electron chi connectivity index (χ2n) is 9.06. The van der Waals surface area contributed by atoms with Gasteiger partial charge in [0.2, 0.25) is 0 Å². The van der Waals surface area contributed by atoms with Crippen molar-refractivity contribution in [1.82, 2.24) is 0 Å². The summed E-state index contributed by atoms with van der Waals surface area (Å²) < 4.78 is 2.70. The van der Waals surface area contributed by atoms with Crippen LogP contribution in [0.25, 0.3) is 42.1 Å². The van der Waals surface area contributed by atoms with Crippen LogP contribution in [-0.4, -0.2) is 0 Å². The number of rotatable bonds is 4. The lowest BCUT2D eigenvalue weighted by Gasteiger charge is -2.25. The van der Waals surface area contributed by atoms with Crippen molar-refractivity contribution >= 4 is 59.3 Å². The van der Waals surface area contributed by atoms with E-state index in [2.05, 4.69) is 144 Å². The summed E-state index contributed by atoms with van der Waals surface area (Å²) in [6.45, 7) is 0. The molecule has 6 aromatic carbocycles. The monoisotopic (exact) mass is 477 g/mol. The first-order valence-corrected chi connectivity index (χ1v) is 13.0. The van der Waals surface area contributed by atoms with Crippen molar-refractivity contribution in [2.75, 3.05) is 4.90 Å². The minimum Gasteiger partial charge on any atom is -0.311 e. The summed E-state index contributed by atoms with van der Waals surface area (Å²) in [4.78, 5) is 2.29. The molecular weight excluding hydrogens is 454 g/mol. The number of fused-ring (bicyclic) bond motifs is 4. The minimum absolute atomic E-state index is 1.14.